The molecular formula is C17H17F3O. The second kappa shape index (κ2) is 7.16. The highest BCUT2D eigenvalue weighted by atomic mass is 19.2. The van der Waals surface area contributed by atoms with E-state index in [9.17, 15) is 13.2 Å². The Hall–Kier alpha value is -1.97. The van der Waals surface area contributed by atoms with Crippen LogP contribution in [0.2, 0.25) is 0 Å². The zero-order valence-electron chi connectivity index (χ0n) is 11.8. The minimum atomic E-state index is -0.976. The van der Waals surface area contributed by atoms with Crippen LogP contribution < -0.4 is 4.74 Å². The summed E-state index contributed by atoms with van der Waals surface area (Å²) in [6.45, 7) is 1.63. The smallest absolute Gasteiger partial charge is 0.201 e. The normalized spacial score (nSPS) is 10.7. The summed E-state index contributed by atoms with van der Waals surface area (Å²) >= 11 is 0. The van der Waals surface area contributed by atoms with Crippen molar-refractivity contribution >= 4 is 0 Å². The lowest BCUT2D eigenvalue weighted by atomic mass is 10.0. The summed E-state index contributed by atoms with van der Waals surface area (Å²) < 4.78 is 45.0. The van der Waals surface area contributed by atoms with Gasteiger partial charge in [0.2, 0.25) is 5.82 Å². The van der Waals surface area contributed by atoms with Gasteiger partial charge in [-0.2, -0.15) is 4.39 Å². The Morgan fingerprint density at radius 3 is 2.29 bits per heavy atom. The molecular weight excluding hydrogens is 277 g/mol. The van der Waals surface area contributed by atoms with Gasteiger partial charge in [-0.05, 0) is 43.0 Å². The summed E-state index contributed by atoms with van der Waals surface area (Å²) in [7, 11) is 0. The van der Waals surface area contributed by atoms with E-state index in [0.717, 1.165) is 5.56 Å². The van der Waals surface area contributed by atoms with Gasteiger partial charge in [-0.1, -0.05) is 24.3 Å². The molecule has 4 heteroatoms. The lowest BCUT2D eigenvalue weighted by Crippen LogP contribution is -1.98. The van der Waals surface area contributed by atoms with E-state index in [1.165, 1.54) is 12.1 Å². The molecule has 21 heavy (non-hydrogen) atoms. The van der Waals surface area contributed by atoms with Crippen LogP contribution in [0.25, 0.3) is 11.1 Å². The van der Waals surface area contributed by atoms with E-state index in [-0.39, 0.29) is 24.6 Å². The van der Waals surface area contributed by atoms with Crippen molar-refractivity contribution in [1.82, 2.24) is 0 Å². The number of aryl methyl sites for hydroxylation is 1. The van der Waals surface area contributed by atoms with Gasteiger partial charge in [-0.15, -0.1) is 0 Å². The molecule has 0 bridgehead atoms. The van der Waals surface area contributed by atoms with Crippen LogP contribution in [0.1, 0.15) is 18.9 Å². The fraction of sp³-hybridized carbons (Fsp3) is 0.294. The third-order valence-corrected chi connectivity index (χ3v) is 3.21. The molecule has 0 aliphatic rings. The largest absolute Gasteiger partial charge is 0.491 e. The molecule has 0 spiro atoms. The third kappa shape index (κ3) is 3.57. The van der Waals surface area contributed by atoms with Gasteiger partial charge in [0.25, 0.3) is 0 Å². The van der Waals surface area contributed by atoms with Gasteiger partial charge in [0.05, 0.1) is 13.3 Å². The Morgan fingerprint density at radius 2 is 1.67 bits per heavy atom. The molecule has 2 aromatic rings. The van der Waals surface area contributed by atoms with Crippen molar-refractivity contribution in [2.45, 2.75) is 19.8 Å². The lowest BCUT2D eigenvalue weighted by Gasteiger charge is -2.09. The van der Waals surface area contributed by atoms with Crippen LogP contribution >= 0.6 is 0 Å². The number of ether oxygens (including phenoxy) is 1. The first-order valence-electron chi connectivity index (χ1n) is 6.93. The fourth-order valence-corrected chi connectivity index (χ4v) is 2.14. The molecule has 0 unspecified atom stereocenters. The Morgan fingerprint density at radius 1 is 0.952 bits per heavy atom. The van der Waals surface area contributed by atoms with Gasteiger partial charge >= 0.3 is 0 Å². The summed E-state index contributed by atoms with van der Waals surface area (Å²) in [5.74, 6) is -1.98. The van der Waals surface area contributed by atoms with E-state index in [2.05, 4.69) is 0 Å². The highest BCUT2D eigenvalue weighted by molar-refractivity contribution is 5.65. The molecule has 1 nitrogen and oxygen atoms in total. The first kappa shape index (κ1) is 15.4. The maximum absolute atomic E-state index is 14.1. The second-order valence-electron chi connectivity index (χ2n) is 4.66. The van der Waals surface area contributed by atoms with Crippen molar-refractivity contribution in [3.8, 4) is 16.9 Å². The molecule has 0 aromatic heterocycles. The molecule has 0 saturated heterocycles. The topological polar surface area (TPSA) is 9.23 Å². The van der Waals surface area contributed by atoms with Crippen LogP contribution in [0.4, 0.5) is 13.2 Å². The average molecular weight is 294 g/mol. The molecule has 0 atom stereocenters. The molecule has 0 aliphatic carbocycles. The summed E-state index contributed by atoms with van der Waals surface area (Å²) in [5, 5.41) is 0. The average Bonchev–Trinajstić information content (AvgIpc) is 2.51. The Kier molecular flexibility index (Phi) is 5.26. The summed E-state index contributed by atoms with van der Waals surface area (Å²) in [4.78, 5) is 0. The lowest BCUT2D eigenvalue weighted by molar-refractivity contribution is 0.314. The molecule has 0 N–H and O–H groups in total. The fourth-order valence-electron chi connectivity index (χ4n) is 2.14. The molecule has 0 aliphatic heterocycles. The van der Waals surface area contributed by atoms with Crippen LogP contribution in [0.5, 0.6) is 5.75 Å². The molecule has 0 fully saturated rings. The van der Waals surface area contributed by atoms with Crippen molar-refractivity contribution in [2.24, 2.45) is 0 Å². The second-order valence-corrected chi connectivity index (χ2v) is 4.66. The highest BCUT2D eigenvalue weighted by Gasteiger charge is 2.15. The first-order valence-corrected chi connectivity index (χ1v) is 6.93. The zero-order valence-corrected chi connectivity index (χ0v) is 11.8. The van der Waals surface area contributed by atoms with E-state index in [1.54, 1.807) is 31.2 Å². The molecule has 112 valence electrons. The maximum Gasteiger partial charge on any atom is 0.201 e. The quantitative estimate of drug-likeness (QED) is 0.734. The highest BCUT2D eigenvalue weighted by Crippen LogP contribution is 2.30. The van der Waals surface area contributed by atoms with Crippen molar-refractivity contribution in [1.29, 1.82) is 0 Å². The monoisotopic (exact) mass is 294 g/mol. The van der Waals surface area contributed by atoms with Crippen LogP contribution in [-0.2, 0) is 6.42 Å². The maximum atomic E-state index is 14.1. The van der Waals surface area contributed by atoms with E-state index in [1.807, 2.05) is 0 Å². The van der Waals surface area contributed by atoms with Crippen LogP contribution in [-0.4, -0.2) is 13.3 Å². The van der Waals surface area contributed by atoms with Crippen molar-refractivity contribution in [3.63, 3.8) is 0 Å². The van der Waals surface area contributed by atoms with Crippen LogP contribution in [0.3, 0.4) is 0 Å². The van der Waals surface area contributed by atoms with Crippen LogP contribution in [0.15, 0.2) is 36.4 Å². The van der Waals surface area contributed by atoms with E-state index in [0.29, 0.717) is 18.4 Å². The van der Waals surface area contributed by atoms with Gasteiger partial charge in [-0.3, -0.25) is 4.39 Å². The molecule has 0 heterocycles. The number of alkyl halides is 1. The number of hydrogen-bond donors (Lipinski definition) is 0. The van der Waals surface area contributed by atoms with Gasteiger partial charge in [0.1, 0.15) is 0 Å². The number of rotatable bonds is 6. The third-order valence-electron chi connectivity index (χ3n) is 3.21. The summed E-state index contributed by atoms with van der Waals surface area (Å²) in [6.07, 6.45) is 1.10. The Labute approximate surface area is 122 Å². The predicted octanol–water partition coefficient (Wildman–Crippen LogP) is 4.93. The molecule has 0 amide bonds. The molecule has 2 rings (SSSR count). The van der Waals surface area contributed by atoms with Crippen molar-refractivity contribution < 1.29 is 17.9 Å². The Balaban J connectivity index is 2.27. The number of hydrogen-bond acceptors (Lipinski definition) is 1. The number of halogens is 3. The Bertz CT molecular complexity index is 594. The van der Waals surface area contributed by atoms with Gasteiger partial charge in [-0.25, -0.2) is 4.39 Å². The van der Waals surface area contributed by atoms with Gasteiger partial charge < -0.3 is 4.74 Å². The number of benzene rings is 2. The predicted molar refractivity (Wildman–Crippen MR) is 77.3 cm³/mol. The van der Waals surface area contributed by atoms with E-state index < -0.39 is 11.6 Å². The van der Waals surface area contributed by atoms with Crippen molar-refractivity contribution in [3.05, 3.63) is 53.6 Å². The minimum Gasteiger partial charge on any atom is -0.491 e. The van der Waals surface area contributed by atoms with Gasteiger partial charge in [0.15, 0.2) is 11.6 Å². The zero-order chi connectivity index (χ0) is 15.2. The standard InChI is InChI=1S/C17H17F3O/c1-2-21-15-10-9-14(16(19)17(15)20)13-7-5-12(6-8-13)4-3-11-18/h5-10H,2-4,11H2,1H3. The minimum absolute atomic E-state index is 0.0849. The molecule has 0 radical (unpaired) electrons. The summed E-state index contributed by atoms with van der Waals surface area (Å²) in [5.41, 5.74) is 1.75. The van der Waals surface area contributed by atoms with E-state index in [4.69, 9.17) is 4.74 Å². The van der Waals surface area contributed by atoms with E-state index >= 15 is 0 Å². The van der Waals surface area contributed by atoms with Crippen LogP contribution in [0, 0.1) is 11.6 Å². The SMILES string of the molecule is CCOc1ccc(-c2ccc(CCCF)cc2)c(F)c1F. The molecule has 0 saturated carbocycles. The van der Waals surface area contributed by atoms with Gasteiger partial charge in [0, 0.05) is 5.56 Å². The summed E-state index contributed by atoms with van der Waals surface area (Å²) in [6, 6.07) is 9.96. The van der Waals surface area contributed by atoms with Crippen molar-refractivity contribution in [2.75, 3.05) is 13.3 Å². The molecule has 2 aromatic carbocycles. The first-order chi connectivity index (χ1) is 10.2.